The van der Waals surface area contributed by atoms with Crippen molar-refractivity contribution in [2.45, 2.75) is 6.18 Å². The monoisotopic (exact) mass is 347 g/mol. The normalized spacial score (nSPS) is 11.4. The second-order valence-corrected chi connectivity index (χ2v) is 5.22. The molecule has 0 spiro atoms. The average molecular weight is 347 g/mol. The number of alkyl halides is 3. The SMILES string of the molecule is COC(=O)c1ccc(-c2cc(-c3ccc(C(F)(F)F)cc3)no2)cc1. The summed E-state index contributed by atoms with van der Waals surface area (Å²) in [6.07, 6.45) is -4.38. The number of methoxy groups -OCH3 is 1. The van der Waals surface area contributed by atoms with Crippen molar-refractivity contribution in [2.75, 3.05) is 7.11 Å². The molecule has 1 aromatic heterocycles. The summed E-state index contributed by atoms with van der Waals surface area (Å²) in [4.78, 5) is 11.4. The number of ether oxygens (including phenoxy) is 1. The lowest BCUT2D eigenvalue weighted by Gasteiger charge is -2.06. The highest BCUT2D eigenvalue weighted by molar-refractivity contribution is 5.89. The summed E-state index contributed by atoms with van der Waals surface area (Å²) < 4.78 is 47.6. The smallest absolute Gasteiger partial charge is 0.416 e. The molecule has 25 heavy (non-hydrogen) atoms. The topological polar surface area (TPSA) is 52.3 Å². The van der Waals surface area contributed by atoms with Crippen LogP contribution in [0.25, 0.3) is 22.6 Å². The van der Waals surface area contributed by atoms with Crippen LogP contribution in [0.3, 0.4) is 0 Å². The fraction of sp³-hybridized carbons (Fsp3) is 0.111. The Morgan fingerprint density at radius 3 is 2.16 bits per heavy atom. The van der Waals surface area contributed by atoms with E-state index in [1.165, 1.54) is 19.2 Å². The molecule has 3 aromatic rings. The number of carbonyl (C=O) groups excluding carboxylic acids is 1. The zero-order valence-electron chi connectivity index (χ0n) is 13.0. The molecule has 4 nitrogen and oxygen atoms in total. The number of benzene rings is 2. The number of hydrogen-bond acceptors (Lipinski definition) is 4. The van der Waals surface area contributed by atoms with Crippen molar-refractivity contribution in [1.29, 1.82) is 0 Å². The summed E-state index contributed by atoms with van der Waals surface area (Å²) in [7, 11) is 1.29. The van der Waals surface area contributed by atoms with Gasteiger partial charge in [-0.25, -0.2) is 4.79 Å². The van der Waals surface area contributed by atoms with E-state index in [-0.39, 0.29) is 0 Å². The first kappa shape index (κ1) is 16.8. The third-order valence-corrected chi connectivity index (χ3v) is 3.61. The molecule has 0 radical (unpaired) electrons. The summed E-state index contributed by atoms with van der Waals surface area (Å²) >= 11 is 0. The van der Waals surface area contributed by atoms with Gasteiger partial charge in [0.15, 0.2) is 5.76 Å². The number of carbonyl (C=O) groups is 1. The van der Waals surface area contributed by atoms with Crippen LogP contribution in [0.2, 0.25) is 0 Å². The van der Waals surface area contributed by atoms with Gasteiger partial charge in [0.2, 0.25) is 0 Å². The van der Waals surface area contributed by atoms with Crippen LogP contribution in [0.5, 0.6) is 0 Å². The third-order valence-electron chi connectivity index (χ3n) is 3.61. The predicted octanol–water partition coefficient (Wildman–Crippen LogP) is 4.81. The van der Waals surface area contributed by atoms with Crippen LogP contribution in [-0.2, 0) is 10.9 Å². The van der Waals surface area contributed by atoms with Gasteiger partial charge in [-0.2, -0.15) is 13.2 Å². The van der Waals surface area contributed by atoms with Crippen molar-refractivity contribution >= 4 is 5.97 Å². The fourth-order valence-electron chi connectivity index (χ4n) is 2.27. The lowest BCUT2D eigenvalue weighted by molar-refractivity contribution is -0.137. The minimum Gasteiger partial charge on any atom is -0.465 e. The maximum absolute atomic E-state index is 12.6. The second kappa shape index (κ2) is 6.43. The van der Waals surface area contributed by atoms with E-state index in [9.17, 15) is 18.0 Å². The molecule has 1 heterocycles. The van der Waals surface area contributed by atoms with E-state index >= 15 is 0 Å². The molecule has 0 aliphatic carbocycles. The minimum absolute atomic E-state index is 0.397. The third kappa shape index (κ3) is 3.55. The molecule has 0 unspecified atom stereocenters. The van der Waals surface area contributed by atoms with E-state index in [0.29, 0.717) is 28.1 Å². The molecule has 0 amide bonds. The van der Waals surface area contributed by atoms with Crippen LogP contribution in [0, 0.1) is 0 Å². The van der Waals surface area contributed by atoms with E-state index in [0.717, 1.165) is 12.1 Å². The van der Waals surface area contributed by atoms with E-state index in [4.69, 9.17) is 4.52 Å². The highest BCUT2D eigenvalue weighted by Crippen LogP contribution is 2.31. The Balaban J connectivity index is 1.84. The van der Waals surface area contributed by atoms with Crippen LogP contribution in [0.15, 0.2) is 59.1 Å². The van der Waals surface area contributed by atoms with Gasteiger partial charge < -0.3 is 9.26 Å². The van der Waals surface area contributed by atoms with Gasteiger partial charge in [0.05, 0.1) is 18.2 Å². The summed E-state index contributed by atoms with van der Waals surface area (Å²) in [6, 6.07) is 12.8. The minimum atomic E-state index is -4.38. The van der Waals surface area contributed by atoms with Crippen molar-refractivity contribution < 1.29 is 27.2 Å². The molecule has 0 atom stereocenters. The molecule has 0 saturated carbocycles. The van der Waals surface area contributed by atoms with Crippen LogP contribution in [-0.4, -0.2) is 18.2 Å². The molecule has 0 aliphatic heterocycles. The van der Waals surface area contributed by atoms with Crippen LogP contribution in [0.4, 0.5) is 13.2 Å². The Kier molecular flexibility index (Phi) is 4.31. The first-order valence-corrected chi connectivity index (χ1v) is 7.21. The average Bonchev–Trinajstić information content (AvgIpc) is 3.10. The van der Waals surface area contributed by atoms with Crippen molar-refractivity contribution in [1.82, 2.24) is 5.16 Å². The van der Waals surface area contributed by atoms with Crippen LogP contribution >= 0.6 is 0 Å². The Hall–Kier alpha value is -3.09. The lowest BCUT2D eigenvalue weighted by Crippen LogP contribution is -2.03. The van der Waals surface area contributed by atoms with E-state index in [1.807, 2.05) is 0 Å². The van der Waals surface area contributed by atoms with Crippen LogP contribution in [0.1, 0.15) is 15.9 Å². The van der Waals surface area contributed by atoms with Gasteiger partial charge in [-0.05, 0) is 24.3 Å². The van der Waals surface area contributed by atoms with Gasteiger partial charge in [0, 0.05) is 17.2 Å². The summed E-state index contributed by atoms with van der Waals surface area (Å²) in [5.74, 6) is -0.0131. The number of rotatable bonds is 3. The number of hydrogen-bond donors (Lipinski definition) is 0. The summed E-state index contributed by atoms with van der Waals surface area (Å²) in [5, 5.41) is 3.88. The maximum Gasteiger partial charge on any atom is 0.416 e. The highest BCUT2D eigenvalue weighted by atomic mass is 19.4. The molecule has 0 aliphatic rings. The standard InChI is InChI=1S/C18H12F3NO3/c1-24-17(23)13-4-2-12(3-5-13)16-10-15(22-25-16)11-6-8-14(9-7-11)18(19,20)21/h2-10H,1H3. The van der Waals surface area contributed by atoms with Gasteiger partial charge in [0.1, 0.15) is 5.69 Å². The lowest BCUT2D eigenvalue weighted by atomic mass is 10.1. The molecule has 0 bridgehead atoms. The van der Waals surface area contributed by atoms with Gasteiger partial charge >= 0.3 is 12.1 Å². The summed E-state index contributed by atoms with van der Waals surface area (Å²) in [5.41, 5.74) is 1.28. The highest BCUT2D eigenvalue weighted by Gasteiger charge is 2.30. The predicted molar refractivity (Wildman–Crippen MR) is 83.7 cm³/mol. The van der Waals surface area contributed by atoms with E-state index in [1.54, 1.807) is 30.3 Å². The number of aromatic nitrogens is 1. The maximum atomic E-state index is 12.6. The molecule has 0 saturated heterocycles. The quantitative estimate of drug-likeness (QED) is 0.638. The first-order chi connectivity index (χ1) is 11.9. The zero-order valence-corrected chi connectivity index (χ0v) is 13.0. The Morgan fingerprint density at radius 2 is 1.60 bits per heavy atom. The molecular formula is C18H12F3NO3. The Morgan fingerprint density at radius 1 is 1.00 bits per heavy atom. The molecule has 0 N–H and O–H groups in total. The van der Waals surface area contributed by atoms with Gasteiger partial charge in [-0.3, -0.25) is 0 Å². The Bertz CT molecular complexity index is 881. The van der Waals surface area contributed by atoms with Gasteiger partial charge in [-0.15, -0.1) is 0 Å². The molecular weight excluding hydrogens is 335 g/mol. The van der Waals surface area contributed by atoms with E-state index < -0.39 is 17.7 Å². The first-order valence-electron chi connectivity index (χ1n) is 7.21. The molecule has 2 aromatic carbocycles. The fourth-order valence-corrected chi connectivity index (χ4v) is 2.27. The van der Waals surface area contributed by atoms with Crippen molar-refractivity contribution in [3.05, 3.63) is 65.7 Å². The largest absolute Gasteiger partial charge is 0.465 e. The zero-order chi connectivity index (χ0) is 18.0. The van der Waals surface area contributed by atoms with Crippen molar-refractivity contribution in [3.8, 4) is 22.6 Å². The van der Waals surface area contributed by atoms with Crippen molar-refractivity contribution in [3.63, 3.8) is 0 Å². The number of halogens is 3. The van der Waals surface area contributed by atoms with Gasteiger partial charge in [0.25, 0.3) is 0 Å². The summed E-state index contributed by atoms with van der Waals surface area (Å²) in [6.45, 7) is 0. The van der Waals surface area contributed by atoms with Crippen LogP contribution < -0.4 is 0 Å². The number of nitrogens with zero attached hydrogens (tertiary/aromatic N) is 1. The van der Waals surface area contributed by atoms with Gasteiger partial charge in [-0.1, -0.05) is 29.4 Å². The van der Waals surface area contributed by atoms with Crippen molar-refractivity contribution in [2.24, 2.45) is 0 Å². The molecule has 0 fully saturated rings. The van der Waals surface area contributed by atoms with E-state index in [2.05, 4.69) is 9.89 Å². The molecule has 128 valence electrons. The second-order valence-electron chi connectivity index (χ2n) is 5.22. The molecule has 3 rings (SSSR count). The Labute approximate surface area is 140 Å². The number of esters is 1. The molecule has 7 heteroatoms.